The first-order valence-electron chi connectivity index (χ1n) is 8.83. The van der Waals surface area contributed by atoms with Crippen LogP contribution < -0.4 is 10.2 Å². The van der Waals surface area contributed by atoms with Crippen LogP contribution in [-0.4, -0.2) is 58.6 Å². The van der Waals surface area contributed by atoms with Crippen molar-refractivity contribution in [1.82, 2.24) is 0 Å². The molecule has 1 atom stereocenters. The number of nitrogens with one attached hydrogen (secondary N) is 1. The number of rotatable bonds is 8. The van der Waals surface area contributed by atoms with Gasteiger partial charge in [0.1, 0.15) is 0 Å². The molecule has 0 aromatic heterocycles. The van der Waals surface area contributed by atoms with Crippen LogP contribution in [0.15, 0.2) is 0 Å². The Morgan fingerprint density at radius 2 is 2.00 bits per heavy atom. The zero-order valence-electron chi connectivity index (χ0n) is 14.4. The molecule has 0 saturated carbocycles. The molecule has 3 N–H and O–H groups in total. The zero-order chi connectivity index (χ0) is 15.2. The van der Waals surface area contributed by atoms with Gasteiger partial charge in [-0.2, -0.15) is 0 Å². The van der Waals surface area contributed by atoms with E-state index >= 15 is 0 Å². The van der Waals surface area contributed by atoms with E-state index in [1.54, 1.807) is 7.11 Å². The number of likely N-dealkylation sites (tertiary alicyclic amines) is 1. The first kappa shape index (κ1) is 17.2. The van der Waals surface area contributed by atoms with Crippen LogP contribution in [0.4, 0.5) is 0 Å². The molecular formula is C17H36N2O2+2. The van der Waals surface area contributed by atoms with E-state index in [2.05, 4.69) is 19.2 Å². The third kappa shape index (κ3) is 5.51. The second-order valence-corrected chi connectivity index (χ2v) is 7.80. The smallest absolute Gasteiger partial charge is 0.0884 e. The van der Waals surface area contributed by atoms with Gasteiger partial charge in [-0.25, -0.2) is 0 Å². The normalized spacial score (nSPS) is 29.9. The highest BCUT2D eigenvalue weighted by Gasteiger charge is 2.45. The van der Waals surface area contributed by atoms with E-state index in [1.807, 2.05) is 4.90 Å². The number of ether oxygens (including phenoxy) is 2. The van der Waals surface area contributed by atoms with Gasteiger partial charge in [0.15, 0.2) is 0 Å². The monoisotopic (exact) mass is 300 g/mol. The highest BCUT2D eigenvalue weighted by Crippen LogP contribution is 2.37. The Morgan fingerprint density at radius 3 is 2.67 bits per heavy atom. The van der Waals surface area contributed by atoms with Crippen molar-refractivity contribution in [2.45, 2.75) is 51.6 Å². The molecule has 124 valence electrons. The molecule has 2 rings (SSSR count). The second kappa shape index (κ2) is 7.91. The molecule has 2 heterocycles. The predicted molar refractivity (Wildman–Crippen MR) is 84.6 cm³/mol. The lowest BCUT2D eigenvalue weighted by Gasteiger charge is -2.44. The number of nitrogens with two attached hydrogens (primary N) is 1. The summed E-state index contributed by atoms with van der Waals surface area (Å²) in [7, 11) is 1.79. The van der Waals surface area contributed by atoms with Gasteiger partial charge in [0.05, 0.1) is 50.3 Å². The lowest BCUT2D eigenvalue weighted by Crippen LogP contribution is -3.12. The van der Waals surface area contributed by atoms with Crippen LogP contribution in [0.1, 0.15) is 46.0 Å². The predicted octanol–water partition coefficient (Wildman–Crippen LogP) is -0.160. The number of methoxy groups -OCH3 is 1. The molecule has 0 radical (unpaired) electrons. The van der Waals surface area contributed by atoms with Crippen molar-refractivity contribution < 1.29 is 19.7 Å². The quantitative estimate of drug-likeness (QED) is 0.612. The standard InChI is InChI=1S/C17H34N2O2/c1-16(2)13-17(7-12-21-16,14-18-8-6-11-20-3)15-19-9-4-5-10-19/h18H,4-15H2,1-3H3/p+2/t17-/m0/s1. The molecule has 21 heavy (non-hydrogen) atoms. The summed E-state index contributed by atoms with van der Waals surface area (Å²) in [6, 6.07) is 0. The van der Waals surface area contributed by atoms with Crippen LogP contribution >= 0.6 is 0 Å². The van der Waals surface area contributed by atoms with Crippen molar-refractivity contribution in [3.05, 3.63) is 0 Å². The van der Waals surface area contributed by atoms with E-state index in [0.29, 0.717) is 5.41 Å². The summed E-state index contributed by atoms with van der Waals surface area (Å²) < 4.78 is 11.1. The van der Waals surface area contributed by atoms with Gasteiger partial charge in [-0.3, -0.25) is 0 Å². The molecule has 2 aliphatic rings. The average Bonchev–Trinajstić information content (AvgIpc) is 2.90. The summed E-state index contributed by atoms with van der Waals surface area (Å²) in [5.74, 6) is 0. The third-order valence-electron chi connectivity index (χ3n) is 5.20. The maximum absolute atomic E-state index is 5.99. The Kier molecular flexibility index (Phi) is 6.48. The van der Waals surface area contributed by atoms with E-state index in [9.17, 15) is 0 Å². The largest absolute Gasteiger partial charge is 0.384 e. The molecule has 0 unspecified atom stereocenters. The van der Waals surface area contributed by atoms with Crippen LogP contribution in [-0.2, 0) is 9.47 Å². The van der Waals surface area contributed by atoms with E-state index in [1.165, 1.54) is 58.4 Å². The third-order valence-corrected chi connectivity index (χ3v) is 5.20. The van der Waals surface area contributed by atoms with Gasteiger partial charge < -0.3 is 19.7 Å². The minimum absolute atomic E-state index is 0.0534. The van der Waals surface area contributed by atoms with Crippen molar-refractivity contribution in [1.29, 1.82) is 0 Å². The maximum Gasteiger partial charge on any atom is 0.0884 e. The summed E-state index contributed by atoms with van der Waals surface area (Å²) in [6.45, 7) is 12.9. The number of hydrogen-bond acceptors (Lipinski definition) is 2. The highest BCUT2D eigenvalue weighted by atomic mass is 16.5. The molecule has 0 aliphatic carbocycles. The van der Waals surface area contributed by atoms with Crippen LogP contribution in [0.5, 0.6) is 0 Å². The van der Waals surface area contributed by atoms with E-state index in [4.69, 9.17) is 9.47 Å². The van der Waals surface area contributed by atoms with Gasteiger partial charge in [0.2, 0.25) is 0 Å². The van der Waals surface area contributed by atoms with Gasteiger partial charge in [-0.05, 0) is 26.7 Å². The Hall–Kier alpha value is -0.160. The molecule has 0 bridgehead atoms. The van der Waals surface area contributed by atoms with Crippen LogP contribution in [0, 0.1) is 5.41 Å². The van der Waals surface area contributed by atoms with Gasteiger partial charge >= 0.3 is 0 Å². The molecule has 2 fully saturated rings. The lowest BCUT2D eigenvalue weighted by molar-refractivity contribution is -0.897. The van der Waals surface area contributed by atoms with Crippen molar-refractivity contribution in [3.63, 3.8) is 0 Å². The first-order chi connectivity index (χ1) is 10.1. The summed E-state index contributed by atoms with van der Waals surface area (Å²) in [5.41, 5.74) is 0.520. The fourth-order valence-corrected chi connectivity index (χ4v) is 4.35. The molecule has 0 spiro atoms. The minimum atomic E-state index is 0.0534. The molecule has 2 aliphatic heterocycles. The van der Waals surface area contributed by atoms with Crippen LogP contribution in [0.25, 0.3) is 0 Å². The summed E-state index contributed by atoms with van der Waals surface area (Å²) in [6.07, 6.45) is 6.44. The van der Waals surface area contributed by atoms with E-state index in [-0.39, 0.29) is 5.60 Å². The number of quaternary nitrogens is 2. The van der Waals surface area contributed by atoms with Gasteiger partial charge in [-0.15, -0.1) is 0 Å². The van der Waals surface area contributed by atoms with Crippen molar-refractivity contribution in [3.8, 4) is 0 Å². The second-order valence-electron chi connectivity index (χ2n) is 7.80. The van der Waals surface area contributed by atoms with Crippen LogP contribution in [0.3, 0.4) is 0 Å². The van der Waals surface area contributed by atoms with Gasteiger partial charge in [0, 0.05) is 33.0 Å². The topological polar surface area (TPSA) is 39.5 Å². The van der Waals surface area contributed by atoms with Crippen molar-refractivity contribution in [2.75, 3.05) is 53.0 Å². The summed E-state index contributed by atoms with van der Waals surface area (Å²) in [5, 5.41) is 2.52. The van der Waals surface area contributed by atoms with E-state index < -0.39 is 0 Å². The SMILES string of the molecule is COCCC[NH2+]C[C@]1(C[NH+]2CCCC2)CCOC(C)(C)C1. The molecular weight excluding hydrogens is 264 g/mol. The molecule has 0 amide bonds. The Balaban J connectivity index is 1.89. The van der Waals surface area contributed by atoms with Crippen molar-refractivity contribution >= 4 is 0 Å². The van der Waals surface area contributed by atoms with Gasteiger partial charge in [-0.1, -0.05) is 0 Å². The Bertz CT molecular complexity index is 303. The first-order valence-corrected chi connectivity index (χ1v) is 8.83. The maximum atomic E-state index is 5.99. The molecule has 4 heteroatoms. The molecule has 4 nitrogen and oxygen atoms in total. The number of hydrogen-bond donors (Lipinski definition) is 2. The molecule has 0 aromatic rings. The van der Waals surface area contributed by atoms with Gasteiger partial charge in [0.25, 0.3) is 0 Å². The van der Waals surface area contributed by atoms with Crippen LogP contribution in [0.2, 0.25) is 0 Å². The Morgan fingerprint density at radius 1 is 1.24 bits per heavy atom. The summed E-state index contributed by atoms with van der Waals surface area (Å²) >= 11 is 0. The minimum Gasteiger partial charge on any atom is -0.384 e. The van der Waals surface area contributed by atoms with Crippen molar-refractivity contribution in [2.24, 2.45) is 5.41 Å². The van der Waals surface area contributed by atoms with E-state index in [0.717, 1.165) is 19.6 Å². The fraction of sp³-hybridized carbons (Fsp3) is 1.00. The fourth-order valence-electron chi connectivity index (χ4n) is 4.35. The Labute approximate surface area is 130 Å². The average molecular weight is 300 g/mol. The zero-order valence-corrected chi connectivity index (χ0v) is 14.4. The lowest BCUT2D eigenvalue weighted by atomic mass is 9.73. The molecule has 2 saturated heterocycles. The highest BCUT2D eigenvalue weighted by molar-refractivity contribution is 4.89. The molecule has 0 aromatic carbocycles. The summed E-state index contributed by atoms with van der Waals surface area (Å²) in [4.78, 5) is 1.83.